The molecule has 0 aliphatic rings. The summed E-state index contributed by atoms with van der Waals surface area (Å²) in [4.78, 5) is 10.5. The van der Waals surface area contributed by atoms with E-state index in [1.807, 2.05) is 18.2 Å². The van der Waals surface area contributed by atoms with Crippen LogP contribution in [0.15, 0.2) is 40.8 Å². The SMILES string of the molecule is CCCCc1ccc(-c2ccc(C=O)o2)cc1. The topological polar surface area (TPSA) is 30.2 Å². The number of unbranched alkanes of at least 4 members (excludes halogenated alkanes) is 1. The summed E-state index contributed by atoms with van der Waals surface area (Å²) >= 11 is 0. The van der Waals surface area contributed by atoms with Crippen LogP contribution in [-0.2, 0) is 6.42 Å². The third-order valence-electron chi connectivity index (χ3n) is 2.80. The molecule has 0 fully saturated rings. The van der Waals surface area contributed by atoms with E-state index in [2.05, 4.69) is 19.1 Å². The number of hydrogen-bond donors (Lipinski definition) is 0. The van der Waals surface area contributed by atoms with Crippen LogP contribution < -0.4 is 0 Å². The van der Waals surface area contributed by atoms with Gasteiger partial charge in [-0.1, -0.05) is 37.6 Å². The molecule has 0 unspecified atom stereocenters. The molecule has 0 N–H and O–H groups in total. The Balaban J connectivity index is 2.14. The lowest BCUT2D eigenvalue weighted by molar-refractivity contribution is 0.110. The predicted molar refractivity (Wildman–Crippen MR) is 68.1 cm³/mol. The van der Waals surface area contributed by atoms with E-state index in [1.54, 1.807) is 6.07 Å². The third kappa shape index (κ3) is 2.84. The van der Waals surface area contributed by atoms with Gasteiger partial charge >= 0.3 is 0 Å². The third-order valence-corrected chi connectivity index (χ3v) is 2.80. The highest BCUT2D eigenvalue weighted by atomic mass is 16.3. The number of aryl methyl sites for hydroxylation is 1. The monoisotopic (exact) mass is 228 g/mol. The van der Waals surface area contributed by atoms with Gasteiger partial charge in [0.15, 0.2) is 12.0 Å². The van der Waals surface area contributed by atoms with Gasteiger partial charge < -0.3 is 4.42 Å². The molecule has 0 aliphatic carbocycles. The molecule has 0 aliphatic heterocycles. The molecule has 0 atom stereocenters. The van der Waals surface area contributed by atoms with Gasteiger partial charge in [0, 0.05) is 5.56 Å². The van der Waals surface area contributed by atoms with Crippen LogP contribution >= 0.6 is 0 Å². The van der Waals surface area contributed by atoms with Crippen molar-refractivity contribution in [3.63, 3.8) is 0 Å². The average molecular weight is 228 g/mol. The Morgan fingerprint density at radius 1 is 1.12 bits per heavy atom. The van der Waals surface area contributed by atoms with Crippen molar-refractivity contribution < 1.29 is 9.21 Å². The lowest BCUT2D eigenvalue weighted by atomic mass is 10.1. The number of benzene rings is 1. The zero-order valence-electron chi connectivity index (χ0n) is 9.98. The first-order chi connectivity index (χ1) is 8.33. The first kappa shape index (κ1) is 11.6. The van der Waals surface area contributed by atoms with Gasteiger partial charge in [-0.25, -0.2) is 0 Å². The van der Waals surface area contributed by atoms with Crippen LogP contribution in [0.4, 0.5) is 0 Å². The minimum Gasteiger partial charge on any atom is -0.453 e. The van der Waals surface area contributed by atoms with E-state index >= 15 is 0 Å². The van der Waals surface area contributed by atoms with E-state index in [0.717, 1.165) is 24.0 Å². The molecular formula is C15H16O2. The summed E-state index contributed by atoms with van der Waals surface area (Å²) in [6, 6.07) is 11.8. The van der Waals surface area contributed by atoms with Crippen molar-refractivity contribution in [1.29, 1.82) is 0 Å². The van der Waals surface area contributed by atoms with Crippen LogP contribution in [0.2, 0.25) is 0 Å². The van der Waals surface area contributed by atoms with E-state index in [-0.39, 0.29) is 0 Å². The molecule has 0 spiro atoms. The van der Waals surface area contributed by atoms with Gasteiger partial charge in [-0.05, 0) is 30.5 Å². The second kappa shape index (κ2) is 5.48. The molecule has 17 heavy (non-hydrogen) atoms. The normalized spacial score (nSPS) is 10.4. The maximum Gasteiger partial charge on any atom is 0.185 e. The molecule has 0 bridgehead atoms. The van der Waals surface area contributed by atoms with E-state index in [1.165, 1.54) is 18.4 Å². The molecular weight excluding hydrogens is 212 g/mol. The Labute approximate surface area is 101 Å². The Morgan fingerprint density at radius 2 is 1.88 bits per heavy atom. The number of aldehydes is 1. The summed E-state index contributed by atoms with van der Waals surface area (Å²) in [5.74, 6) is 1.12. The molecule has 2 rings (SSSR count). The van der Waals surface area contributed by atoms with Crippen LogP contribution in [0.3, 0.4) is 0 Å². The highest BCUT2D eigenvalue weighted by Crippen LogP contribution is 2.22. The highest BCUT2D eigenvalue weighted by Gasteiger charge is 2.03. The zero-order chi connectivity index (χ0) is 12.1. The standard InChI is InChI=1S/C15H16O2/c1-2-3-4-12-5-7-13(8-6-12)15-10-9-14(11-16)17-15/h5-11H,2-4H2,1H3. The molecule has 0 saturated heterocycles. The smallest absolute Gasteiger partial charge is 0.185 e. The Kier molecular flexibility index (Phi) is 3.76. The van der Waals surface area contributed by atoms with Crippen molar-refractivity contribution >= 4 is 6.29 Å². The molecule has 1 aromatic carbocycles. The van der Waals surface area contributed by atoms with Gasteiger partial charge in [0.25, 0.3) is 0 Å². The fourth-order valence-electron chi connectivity index (χ4n) is 1.79. The van der Waals surface area contributed by atoms with Gasteiger partial charge in [0.1, 0.15) is 5.76 Å². The van der Waals surface area contributed by atoms with Crippen molar-refractivity contribution in [1.82, 2.24) is 0 Å². The van der Waals surface area contributed by atoms with Crippen LogP contribution in [0.5, 0.6) is 0 Å². The highest BCUT2D eigenvalue weighted by molar-refractivity contribution is 5.72. The Morgan fingerprint density at radius 3 is 2.47 bits per heavy atom. The first-order valence-corrected chi connectivity index (χ1v) is 5.98. The minimum absolute atomic E-state index is 0.370. The lowest BCUT2D eigenvalue weighted by Crippen LogP contribution is -1.84. The maximum atomic E-state index is 10.5. The largest absolute Gasteiger partial charge is 0.453 e. The number of carbonyl (C=O) groups excluding carboxylic acids is 1. The van der Waals surface area contributed by atoms with Gasteiger partial charge in [-0.15, -0.1) is 0 Å². The molecule has 0 saturated carbocycles. The summed E-state index contributed by atoms with van der Waals surface area (Å²) in [6.07, 6.45) is 4.27. The number of hydrogen-bond acceptors (Lipinski definition) is 2. The summed E-state index contributed by atoms with van der Waals surface area (Å²) in [6.45, 7) is 2.19. The van der Waals surface area contributed by atoms with Gasteiger partial charge in [-0.2, -0.15) is 0 Å². The van der Waals surface area contributed by atoms with Crippen molar-refractivity contribution in [2.75, 3.05) is 0 Å². The summed E-state index contributed by atoms with van der Waals surface area (Å²) in [5, 5.41) is 0. The summed E-state index contributed by atoms with van der Waals surface area (Å²) < 4.78 is 5.37. The molecule has 0 amide bonds. The van der Waals surface area contributed by atoms with Crippen molar-refractivity contribution in [2.45, 2.75) is 26.2 Å². The molecule has 88 valence electrons. The quantitative estimate of drug-likeness (QED) is 0.721. The molecule has 2 aromatic rings. The van der Waals surface area contributed by atoms with E-state index in [9.17, 15) is 4.79 Å². The molecule has 0 radical (unpaired) electrons. The molecule has 2 nitrogen and oxygen atoms in total. The fourth-order valence-corrected chi connectivity index (χ4v) is 1.79. The van der Waals surface area contributed by atoms with Crippen molar-refractivity contribution in [2.24, 2.45) is 0 Å². The summed E-state index contributed by atoms with van der Waals surface area (Å²) in [7, 11) is 0. The van der Waals surface area contributed by atoms with Gasteiger partial charge in [-0.3, -0.25) is 4.79 Å². The molecule has 1 aromatic heterocycles. The fraction of sp³-hybridized carbons (Fsp3) is 0.267. The van der Waals surface area contributed by atoms with Crippen LogP contribution in [0.25, 0.3) is 11.3 Å². The lowest BCUT2D eigenvalue weighted by Gasteiger charge is -2.01. The van der Waals surface area contributed by atoms with Crippen LogP contribution in [-0.4, -0.2) is 6.29 Å². The van der Waals surface area contributed by atoms with E-state index < -0.39 is 0 Å². The molecule has 1 heterocycles. The second-order valence-corrected chi connectivity index (χ2v) is 4.12. The van der Waals surface area contributed by atoms with E-state index in [4.69, 9.17) is 4.42 Å². The van der Waals surface area contributed by atoms with Gasteiger partial charge in [0.05, 0.1) is 0 Å². The van der Waals surface area contributed by atoms with Crippen molar-refractivity contribution in [3.8, 4) is 11.3 Å². The number of rotatable bonds is 5. The van der Waals surface area contributed by atoms with Gasteiger partial charge in [0.2, 0.25) is 0 Å². The number of carbonyl (C=O) groups is 1. The molecule has 2 heteroatoms. The Bertz CT molecular complexity index is 480. The summed E-state index contributed by atoms with van der Waals surface area (Å²) in [5.41, 5.74) is 2.36. The minimum atomic E-state index is 0.370. The van der Waals surface area contributed by atoms with Crippen LogP contribution in [0.1, 0.15) is 35.9 Å². The predicted octanol–water partition coefficient (Wildman–Crippen LogP) is 4.10. The zero-order valence-corrected chi connectivity index (χ0v) is 9.98. The average Bonchev–Trinajstić information content (AvgIpc) is 2.86. The Hall–Kier alpha value is -1.83. The number of furan rings is 1. The second-order valence-electron chi connectivity index (χ2n) is 4.12. The van der Waals surface area contributed by atoms with E-state index in [0.29, 0.717) is 5.76 Å². The first-order valence-electron chi connectivity index (χ1n) is 5.98. The maximum absolute atomic E-state index is 10.5. The van der Waals surface area contributed by atoms with Crippen molar-refractivity contribution in [3.05, 3.63) is 47.7 Å². The van der Waals surface area contributed by atoms with Crippen LogP contribution in [0, 0.1) is 0 Å².